The fourth-order valence-corrected chi connectivity index (χ4v) is 3.08. The SMILES string of the molecule is COCC(C)CS(=O)Cc1nocc1C(C)C. The van der Waals surface area contributed by atoms with Crippen LogP contribution in [0.25, 0.3) is 0 Å². The summed E-state index contributed by atoms with van der Waals surface area (Å²) in [6, 6.07) is 0. The molecule has 2 unspecified atom stereocenters. The quantitative estimate of drug-likeness (QED) is 0.754. The molecule has 2 atom stereocenters. The summed E-state index contributed by atoms with van der Waals surface area (Å²) < 4.78 is 21.9. The monoisotopic (exact) mass is 259 g/mol. The number of ether oxygens (including phenoxy) is 1. The second-order valence-corrected chi connectivity index (χ2v) is 6.18. The normalized spacial score (nSPS) is 15.1. The molecule has 0 radical (unpaired) electrons. The summed E-state index contributed by atoms with van der Waals surface area (Å²) in [5, 5.41) is 3.93. The molecular weight excluding hydrogens is 238 g/mol. The lowest BCUT2D eigenvalue weighted by Gasteiger charge is -2.09. The second-order valence-electron chi connectivity index (χ2n) is 4.68. The summed E-state index contributed by atoms with van der Waals surface area (Å²) in [5.74, 6) is 1.76. The van der Waals surface area contributed by atoms with Crippen LogP contribution in [0.15, 0.2) is 10.8 Å². The van der Waals surface area contributed by atoms with Crippen LogP contribution in [0.2, 0.25) is 0 Å². The Morgan fingerprint density at radius 3 is 2.76 bits per heavy atom. The van der Waals surface area contributed by atoms with Gasteiger partial charge in [0.05, 0.1) is 11.4 Å². The molecule has 0 aliphatic carbocycles. The van der Waals surface area contributed by atoms with Crippen molar-refractivity contribution in [3.8, 4) is 0 Å². The molecule has 0 fully saturated rings. The molecule has 1 aromatic rings. The molecule has 0 saturated heterocycles. The van der Waals surface area contributed by atoms with E-state index in [9.17, 15) is 4.21 Å². The van der Waals surface area contributed by atoms with Gasteiger partial charge < -0.3 is 9.26 Å². The van der Waals surface area contributed by atoms with Crippen LogP contribution in [0.5, 0.6) is 0 Å². The van der Waals surface area contributed by atoms with Crippen LogP contribution in [0.3, 0.4) is 0 Å². The molecule has 1 aromatic heterocycles. The Morgan fingerprint density at radius 1 is 1.47 bits per heavy atom. The minimum Gasteiger partial charge on any atom is -0.384 e. The van der Waals surface area contributed by atoms with E-state index in [-0.39, 0.29) is 0 Å². The summed E-state index contributed by atoms with van der Waals surface area (Å²) >= 11 is 0. The molecule has 0 saturated carbocycles. The first-order chi connectivity index (χ1) is 8.04. The average molecular weight is 259 g/mol. The fourth-order valence-electron chi connectivity index (χ4n) is 1.71. The largest absolute Gasteiger partial charge is 0.384 e. The van der Waals surface area contributed by atoms with Crippen LogP contribution in [0, 0.1) is 5.92 Å². The third kappa shape index (κ3) is 4.60. The number of methoxy groups -OCH3 is 1. The van der Waals surface area contributed by atoms with E-state index in [4.69, 9.17) is 9.26 Å². The third-order valence-corrected chi connectivity index (χ3v) is 4.05. The second kappa shape index (κ2) is 6.91. The zero-order valence-corrected chi connectivity index (χ0v) is 11.8. The molecule has 0 aliphatic rings. The van der Waals surface area contributed by atoms with Crippen molar-refractivity contribution in [2.75, 3.05) is 19.5 Å². The third-order valence-electron chi connectivity index (χ3n) is 2.52. The van der Waals surface area contributed by atoms with Crippen molar-refractivity contribution in [1.82, 2.24) is 5.16 Å². The van der Waals surface area contributed by atoms with Gasteiger partial charge in [0.1, 0.15) is 6.26 Å². The van der Waals surface area contributed by atoms with Crippen LogP contribution in [0.4, 0.5) is 0 Å². The van der Waals surface area contributed by atoms with E-state index in [1.165, 1.54) is 0 Å². The van der Waals surface area contributed by atoms with Gasteiger partial charge in [-0.1, -0.05) is 25.9 Å². The van der Waals surface area contributed by atoms with Crippen molar-refractivity contribution in [3.05, 3.63) is 17.5 Å². The van der Waals surface area contributed by atoms with Crippen molar-refractivity contribution in [1.29, 1.82) is 0 Å². The standard InChI is InChI=1S/C12H21NO3S/c1-9(2)11-6-16-13-12(11)8-17(14)7-10(3)5-15-4/h6,9-10H,5,7-8H2,1-4H3. The summed E-state index contributed by atoms with van der Waals surface area (Å²) in [6.07, 6.45) is 1.65. The van der Waals surface area contributed by atoms with E-state index in [1.807, 2.05) is 6.92 Å². The highest BCUT2D eigenvalue weighted by molar-refractivity contribution is 7.84. The van der Waals surface area contributed by atoms with Crippen molar-refractivity contribution < 1.29 is 13.5 Å². The fraction of sp³-hybridized carbons (Fsp3) is 0.750. The predicted molar refractivity (Wildman–Crippen MR) is 68.3 cm³/mol. The number of hydrogen-bond donors (Lipinski definition) is 0. The van der Waals surface area contributed by atoms with Crippen LogP contribution in [-0.2, 0) is 21.3 Å². The summed E-state index contributed by atoms with van der Waals surface area (Å²) in [6.45, 7) is 6.83. The van der Waals surface area contributed by atoms with Crippen LogP contribution in [-0.4, -0.2) is 28.8 Å². The van der Waals surface area contributed by atoms with E-state index >= 15 is 0 Å². The maximum absolute atomic E-state index is 11.9. The van der Waals surface area contributed by atoms with Gasteiger partial charge in [0.25, 0.3) is 0 Å². The molecule has 4 nitrogen and oxygen atoms in total. The zero-order chi connectivity index (χ0) is 12.8. The molecule has 0 spiro atoms. The van der Waals surface area contributed by atoms with Crippen molar-refractivity contribution in [3.63, 3.8) is 0 Å². The Morgan fingerprint density at radius 2 is 2.18 bits per heavy atom. The highest BCUT2D eigenvalue weighted by atomic mass is 32.2. The first-order valence-corrected chi connectivity index (χ1v) is 7.30. The van der Waals surface area contributed by atoms with Gasteiger partial charge in [-0.05, 0) is 11.8 Å². The summed E-state index contributed by atoms with van der Waals surface area (Å²) in [4.78, 5) is 0. The first-order valence-electron chi connectivity index (χ1n) is 5.81. The Labute approximate surface area is 105 Å². The lowest BCUT2D eigenvalue weighted by Crippen LogP contribution is -2.14. The smallest absolute Gasteiger partial charge is 0.127 e. The first kappa shape index (κ1) is 14.4. The summed E-state index contributed by atoms with van der Waals surface area (Å²) in [5.41, 5.74) is 1.88. The maximum Gasteiger partial charge on any atom is 0.127 e. The van der Waals surface area contributed by atoms with Gasteiger partial charge in [0, 0.05) is 35.8 Å². The van der Waals surface area contributed by atoms with E-state index < -0.39 is 10.8 Å². The molecule has 0 amide bonds. The molecule has 0 aliphatic heterocycles. The van der Waals surface area contributed by atoms with E-state index in [0.717, 1.165) is 11.3 Å². The Kier molecular flexibility index (Phi) is 5.85. The van der Waals surface area contributed by atoms with E-state index in [1.54, 1.807) is 13.4 Å². The molecule has 0 bridgehead atoms. The minimum atomic E-state index is -0.910. The molecular formula is C12H21NO3S. The predicted octanol–water partition coefficient (Wildman–Crippen LogP) is 2.33. The van der Waals surface area contributed by atoms with Crippen molar-refractivity contribution in [2.45, 2.75) is 32.4 Å². The molecule has 0 N–H and O–H groups in total. The van der Waals surface area contributed by atoms with Crippen LogP contribution >= 0.6 is 0 Å². The van der Waals surface area contributed by atoms with Gasteiger partial charge in [-0.2, -0.15) is 0 Å². The maximum atomic E-state index is 11.9. The Bertz CT molecular complexity index is 362. The van der Waals surface area contributed by atoms with Crippen molar-refractivity contribution in [2.24, 2.45) is 5.92 Å². The van der Waals surface area contributed by atoms with Crippen LogP contribution in [0.1, 0.15) is 37.9 Å². The zero-order valence-electron chi connectivity index (χ0n) is 10.9. The average Bonchev–Trinajstić information content (AvgIpc) is 2.65. The number of hydrogen-bond acceptors (Lipinski definition) is 4. The Balaban J connectivity index is 2.53. The molecule has 1 rings (SSSR count). The van der Waals surface area contributed by atoms with Crippen molar-refractivity contribution >= 4 is 10.8 Å². The molecule has 0 aromatic carbocycles. The highest BCUT2D eigenvalue weighted by Crippen LogP contribution is 2.19. The van der Waals surface area contributed by atoms with E-state index in [0.29, 0.717) is 29.9 Å². The molecule has 17 heavy (non-hydrogen) atoms. The number of aromatic nitrogens is 1. The highest BCUT2D eigenvalue weighted by Gasteiger charge is 2.15. The van der Waals surface area contributed by atoms with Gasteiger partial charge in [0.2, 0.25) is 0 Å². The molecule has 1 heterocycles. The van der Waals surface area contributed by atoms with Gasteiger partial charge >= 0.3 is 0 Å². The molecule has 5 heteroatoms. The van der Waals surface area contributed by atoms with Gasteiger partial charge in [0.15, 0.2) is 0 Å². The molecule has 98 valence electrons. The van der Waals surface area contributed by atoms with E-state index in [2.05, 4.69) is 19.0 Å². The van der Waals surface area contributed by atoms with Crippen LogP contribution < -0.4 is 0 Å². The Hall–Kier alpha value is -0.680. The number of rotatable bonds is 7. The van der Waals surface area contributed by atoms with Gasteiger partial charge in [-0.3, -0.25) is 4.21 Å². The number of nitrogens with zero attached hydrogens (tertiary/aromatic N) is 1. The lowest BCUT2D eigenvalue weighted by atomic mass is 10.1. The topological polar surface area (TPSA) is 52.3 Å². The lowest BCUT2D eigenvalue weighted by molar-refractivity contribution is 0.168. The van der Waals surface area contributed by atoms with Gasteiger partial charge in [-0.15, -0.1) is 0 Å². The minimum absolute atomic E-state index is 0.301. The summed E-state index contributed by atoms with van der Waals surface area (Å²) in [7, 11) is 0.750. The van der Waals surface area contributed by atoms with Gasteiger partial charge in [-0.25, -0.2) is 0 Å².